The molecule has 0 aliphatic carbocycles. The molecule has 1 nitrogen and oxygen atoms in total. The molecule has 0 aromatic heterocycles. The Labute approximate surface area is 61.1 Å². The summed E-state index contributed by atoms with van der Waals surface area (Å²) in [7, 11) is 3.35. The average Bonchev–Trinajstić information content (AvgIpc) is 1.72. The predicted molar refractivity (Wildman–Crippen MR) is 30.1 cm³/mol. The van der Waals surface area contributed by atoms with E-state index >= 15 is 0 Å². The third-order valence-corrected chi connectivity index (χ3v) is 0.250. The normalized spacial score (nSPS) is 5.14. The minimum Gasteiger partial charge on any atom is -0.473 e. The van der Waals surface area contributed by atoms with Crippen molar-refractivity contribution in [2.75, 3.05) is 6.54 Å². The van der Waals surface area contributed by atoms with Crippen molar-refractivity contribution >= 4 is 0 Å². The third-order valence-electron chi connectivity index (χ3n) is 0.250. The first-order valence-corrected chi connectivity index (χ1v) is 2.12. The fraction of sp³-hybridized carbons (Fsp3) is 0.600. The van der Waals surface area contributed by atoms with Gasteiger partial charge < -0.3 is 12.2 Å². The molecule has 0 saturated heterocycles. The van der Waals surface area contributed by atoms with Gasteiger partial charge in [0.2, 0.25) is 0 Å². The topological polar surface area (TPSA) is 12.0 Å². The van der Waals surface area contributed by atoms with Crippen LogP contribution in [0.3, 0.4) is 0 Å². The van der Waals surface area contributed by atoms with Gasteiger partial charge in [-0.05, 0) is 6.54 Å². The van der Waals surface area contributed by atoms with E-state index in [4.69, 9.17) is 0 Å². The molecule has 0 aromatic rings. The summed E-state index contributed by atoms with van der Waals surface area (Å²) >= 11 is 0. The number of rotatable bonds is 1. The second-order valence-electron chi connectivity index (χ2n) is 0.604. The zero-order chi connectivity index (χ0) is 5.41. The fourth-order valence-electron chi connectivity index (χ4n) is 0. The van der Waals surface area contributed by atoms with E-state index in [0.29, 0.717) is 0 Å². The van der Waals surface area contributed by atoms with Gasteiger partial charge in [0.25, 0.3) is 0 Å². The molecule has 0 rings (SSSR count). The Morgan fingerprint density at radius 2 is 1.57 bits per heavy atom. The standard InChI is InChI=1S/C3H8N.C2H5.W/c1-3-4-2;1-2;/h4H,2-3H2,1H3;1H2,2H3;/q2*-1;+2. The van der Waals surface area contributed by atoms with Gasteiger partial charge in [-0.25, -0.2) is 0 Å². The molecule has 0 aliphatic heterocycles. The Morgan fingerprint density at radius 1 is 1.43 bits per heavy atom. The van der Waals surface area contributed by atoms with Crippen molar-refractivity contribution in [3.63, 3.8) is 0 Å². The van der Waals surface area contributed by atoms with Gasteiger partial charge in [0.15, 0.2) is 0 Å². The van der Waals surface area contributed by atoms with E-state index in [9.17, 15) is 0 Å². The summed E-state index contributed by atoms with van der Waals surface area (Å²) in [5.74, 6) is 0. The van der Waals surface area contributed by atoms with Gasteiger partial charge in [-0.3, -0.25) is 7.05 Å². The Kier molecular flexibility index (Phi) is 67.6. The van der Waals surface area contributed by atoms with Crippen molar-refractivity contribution in [3.05, 3.63) is 14.0 Å². The molecule has 0 aliphatic rings. The van der Waals surface area contributed by atoms with Gasteiger partial charge in [0.05, 0.1) is 0 Å². The van der Waals surface area contributed by atoms with Crippen LogP contribution in [0.2, 0.25) is 0 Å². The molecule has 0 atom stereocenters. The molecule has 0 saturated carbocycles. The zero-order valence-corrected chi connectivity index (χ0v) is 7.96. The average molecular weight is 271 g/mol. The summed E-state index contributed by atoms with van der Waals surface area (Å²) in [4.78, 5) is 0. The second-order valence-corrected chi connectivity index (χ2v) is 0.604. The van der Waals surface area contributed by atoms with E-state index < -0.39 is 0 Å². The molecule has 2 heteroatoms. The van der Waals surface area contributed by atoms with E-state index in [1.165, 1.54) is 0 Å². The Hall–Kier alpha value is 0.648. The summed E-state index contributed by atoms with van der Waals surface area (Å²) < 4.78 is 0. The summed E-state index contributed by atoms with van der Waals surface area (Å²) in [6, 6.07) is 0. The van der Waals surface area contributed by atoms with Crippen LogP contribution in [0.1, 0.15) is 13.8 Å². The maximum Gasteiger partial charge on any atom is 2.00 e. The largest absolute Gasteiger partial charge is 2.00 e. The van der Waals surface area contributed by atoms with E-state index in [1.54, 1.807) is 6.92 Å². The molecular weight excluding hydrogens is 258 g/mol. The smallest absolute Gasteiger partial charge is 0.473 e. The van der Waals surface area contributed by atoms with Gasteiger partial charge in [0, 0.05) is 0 Å². The number of hydrogen-bond donors (Lipinski definition) is 1. The van der Waals surface area contributed by atoms with Crippen molar-refractivity contribution in [2.24, 2.45) is 0 Å². The molecular formula is C5H13NW. The molecule has 0 aromatic carbocycles. The summed E-state index contributed by atoms with van der Waals surface area (Å²) in [5, 5.41) is 2.68. The van der Waals surface area contributed by atoms with Crippen molar-refractivity contribution in [3.8, 4) is 0 Å². The van der Waals surface area contributed by atoms with Crippen molar-refractivity contribution in [1.29, 1.82) is 0 Å². The predicted octanol–water partition coefficient (Wildman–Crippen LogP) is 1.23. The van der Waals surface area contributed by atoms with Gasteiger partial charge in [-0.1, -0.05) is 6.92 Å². The van der Waals surface area contributed by atoms with Crippen LogP contribution >= 0.6 is 0 Å². The quantitative estimate of drug-likeness (QED) is 0.707. The van der Waals surface area contributed by atoms with Crippen LogP contribution in [0.5, 0.6) is 0 Å². The molecule has 0 spiro atoms. The zero-order valence-electron chi connectivity index (χ0n) is 5.03. The summed E-state index contributed by atoms with van der Waals surface area (Å²) in [5.41, 5.74) is 0. The van der Waals surface area contributed by atoms with Gasteiger partial charge >= 0.3 is 21.1 Å². The van der Waals surface area contributed by atoms with E-state index in [2.05, 4.69) is 19.3 Å². The molecule has 7 heavy (non-hydrogen) atoms. The molecule has 0 unspecified atom stereocenters. The minimum absolute atomic E-state index is 0. The fourth-order valence-corrected chi connectivity index (χ4v) is 0. The van der Waals surface area contributed by atoms with Crippen LogP contribution < -0.4 is 5.32 Å². The Bertz CT molecular complexity index is 10.0. The Balaban J connectivity index is -0.0000000480. The van der Waals surface area contributed by atoms with E-state index in [1.807, 2.05) is 6.92 Å². The van der Waals surface area contributed by atoms with Crippen molar-refractivity contribution in [2.45, 2.75) is 13.8 Å². The van der Waals surface area contributed by atoms with E-state index in [0.717, 1.165) is 6.54 Å². The first-order valence-electron chi connectivity index (χ1n) is 2.12. The van der Waals surface area contributed by atoms with E-state index in [-0.39, 0.29) is 21.1 Å². The molecule has 0 radical (unpaired) electrons. The molecule has 1 N–H and O–H groups in total. The van der Waals surface area contributed by atoms with Crippen molar-refractivity contribution in [1.82, 2.24) is 5.32 Å². The van der Waals surface area contributed by atoms with Gasteiger partial charge in [-0.15, -0.1) is 0 Å². The van der Waals surface area contributed by atoms with Crippen LogP contribution in [0, 0.1) is 14.0 Å². The van der Waals surface area contributed by atoms with Crippen LogP contribution in [0.25, 0.3) is 0 Å². The van der Waals surface area contributed by atoms with Crippen LogP contribution in [0.4, 0.5) is 0 Å². The summed E-state index contributed by atoms with van der Waals surface area (Å²) in [6.45, 7) is 7.97. The Morgan fingerprint density at radius 3 is 1.57 bits per heavy atom. The first kappa shape index (κ1) is 15.6. The molecule has 0 fully saturated rings. The molecule has 0 bridgehead atoms. The molecule has 44 valence electrons. The maximum absolute atomic E-state index is 3.35. The minimum atomic E-state index is 0. The van der Waals surface area contributed by atoms with Crippen LogP contribution in [-0.4, -0.2) is 6.54 Å². The van der Waals surface area contributed by atoms with Crippen molar-refractivity contribution < 1.29 is 21.1 Å². The molecule has 0 heterocycles. The summed E-state index contributed by atoms with van der Waals surface area (Å²) in [6.07, 6.45) is 0. The third kappa shape index (κ3) is 52.9. The SMILES string of the molecule is [CH2-]C.[CH2-]NCC.[W+2]. The maximum atomic E-state index is 3.35. The number of hydrogen-bond acceptors (Lipinski definition) is 1. The van der Waals surface area contributed by atoms with Gasteiger partial charge in [0.1, 0.15) is 0 Å². The van der Waals surface area contributed by atoms with Gasteiger partial charge in [-0.2, -0.15) is 6.92 Å². The monoisotopic (exact) mass is 271 g/mol. The molecule has 0 amide bonds. The first-order chi connectivity index (χ1) is 2.91. The second kappa shape index (κ2) is 30.2. The number of nitrogens with one attached hydrogen (secondary N) is 1. The van der Waals surface area contributed by atoms with Crippen LogP contribution in [0.15, 0.2) is 0 Å². The van der Waals surface area contributed by atoms with Crippen LogP contribution in [-0.2, 0) is 21.1 Å².